The Balaban J connectivity index is 2.07. The molecule has 2 N–H and O–H groups in total. The van der Waals surface area contributed by atoms with Gasteiger partial charge in [-0.15, -0.1) is 0 Å². The molecular formula is C17H24NO2+. The number of esters is 1. The summed E-state index contributed by atoms with van der Waals surface area (Å²) in [7, 11) is 1.49. The van der Waals surface area contributed by atoms with E-state index in [1.54, 1.807) is 0 Å². The lowest BCUT2D eigenvalue weighted by atomic mass is 9.69. The Morgan fingerprint density at radius 1 is 1.20 bits per heavy atom. The summed E-state index contributed by atoms with van der Waals surface area (Å²) in [5.41, 5.74) is 2.05. The summed E-state index contributed by atoms with van der Waals surface area (Å²) in [6.45, 7) is 2.02. The van der Waals surface area contributed by atoms with E-state index in [0.29, 0.717) is 0 Å². The van der Waals surface area contributed by atoms with Crippen LogP contribution in [0.5, 0.6) is 0 Å². The minimum Gasteiger partial charge on any atom is -0.464 e. The van der Waals surface area contributed by atoms with Crippen molar-refractivity contribution in [1.29, 1.82) is 0 Å². The molecule has 1 saturated carbocycles. The fraction of sp³-hybridized carbons (Fsp3) is 0.588. The van der Waals surface area contributed by atoms with Crippen molar-refractivity contribution in [2.24, 2.45) is 0 Å². The van der Waals surface area contributed by atoms with Gasteiger partial charge in [-0.3, -0.25) is 0 Å². The van der Waals surface area contributed by atoms with Crippen LogP contribution in [-0.2, 0) is 21.5 Å². The summed E-state index contributed by atoms with van der Waals surface area (Å²) < 4.78 is 5.11. The quantitative estimate of drug-likeness (QED) is 0.795. The highest BCUT2D eigenvalue weighted by Crippen LogP contribution is 2.36. The van der Waals surface area contributed by atoms with E-state index < -0.39 is 5.54 Å². The third-order valence-corrected chi connectivity index (χ3v) is 5.17. The van der Waals surface area contributed by atoms with Crippen molar-refractivity contribution in [2.75, 3.05) is 7.11 Å². The Kier molecular flexibility index (Phi) is 3.33. The van der Waals surface area contributed by atoms with Crippen molar-refractivity contribution < 1.29 is 14.8 Å². The number of fused-ring (bicyclic) bond motifs is 1. The van der Waals surface area contributed by atoms with Crippen LogP contribution in [0, 0.1) is 0 Å². The first kappa shape index (κ1) is 13.6. The number of benzene rings is 1. The second-order valence-corrected chi connectivity index (χ2v) is 6.60. The number of nitrogens with two attached hydrogens (primary N) is 1. The zero-order chi connectivity index (χ0) is 14.2. The van der Waals surface area contributed by atoms with Gasteiger partial charge in [0.2, 0.25) is 5.54 Å². The van der Waals surface area contributed by atoms with Crippen LogP contribution in [0.4, 0.5) is 0 Å². The maximum absolute atomic E-state index is 12.4. The normalized spacial score (nSPS) is 27.9. The Labute approximate surface area is 120 Å². The monoisotopic (exact) mass is 274 g/mol. The second kappa shape index (κ2) is 4.88. The Morgan fingerprint density at radius 3 is 2.60 bits per heavy atom. The molecule has 3 heteroatoms. The van der Waals surface area contributed by atoms with Gasteiger partial charge in [0.1, 0.15) is 5.54 Å². The highest BCUT2D eigenvalue weighted by atomic mass is 16.5. The van der Waals surface area contributed by atoms with Gasteiger partial charge in [-0.25, -0.2) is 4.79 Å². The van der Waals surface area contributed by atoms with E-state index >= 15 is 0 Å². The van der Waals surface area contributed by atoms with E-state index in [1.807, 2.05) is 13.0 Å². The van der Waals surface area contributed by atoms with E-state index in [-0.39, 0.29) is 11.5 Å². The molecule has 0 amide bonds. The van der Waals surface area contributed by atoms with E-state index in [1.165, 1.54) is 44.8 Å². The molecule has 108 valence electrons. The molecule has 1 atom stereocenters. The van der Waals surface area contributed by atoms with Crippen LogP contribution >= 0.6 is 0 Å². The molecule has 1 fully saturated rings. The van der Waals surface area contributed by atoms with Crippen LogP contribution < -0.4 is 5.32 Å². The average Bonchev–Trinajstić information content (AvgIpc) is 2.47. The maximum Gasteiger partial charge on any atom is 0.372 e. The summed E-state index contributed by atoms with van der Waals surface area (Å²) in [4.78, 5) is 12.4. The van der Waals surface area contributed by atoms with E-state index in [0.717, 1.165) is 12.0 Å². The number of rotatable bonds is 1. The molecular weight excluding hydrogens is 250 g/mol. The zero-order valence-corrected chi connectivity index (χ0v) is 12.4. The predicted octanol–water partition coefficient (Wildman–Crippen LogP) is 1.90. The van der Waals surface area contributed by atoms with Crippen molar-refractivity contribution in [1.82, 2.24) is 0 Å². The van der Waals surface area contributed by atoms with Crippen LogP contribution in [0.1, 0.15) is 50.2 Å². The largest absolute Gasteiger partial charge is 0.464 e. The average molecular weight is 274 g/mol. The first-order valence-electron chi connectivity index (χ1n) is 7.64. The Hall–Kier alpha value is -1.35. The van der Waals surface area contributed by atoms with Gasteiger partial charge in [-0.05, 0) is 18.4 Å². The number of carbonyl (C=O) groups is 1. The number of hydrogen-bond donors (Lipinski definition) is 1. The molecule has 0 aromatic heterocycles. The van der Waals surface area contributed by atoms with Gasteiger partial charge in [-0.1, -0.05) is 30.7 Å². The lowest BCUT2D eigenvalue weighted by molar-refractivity contribution is -0.789. The first-order chi connectivity index (χ1) is 9.60. The fourth-order valence-electron chi connectivity index (χ4n) is 4.26. The summed E-state index contributed by atoms with van der Waals surface area (Å²) in [6, 6.07) is 8.36. The third kappa shape index (κ3) is 2.05. The molecule has 1 aromatic carbocycles. The molecule has 0 unspecified atom stereocenters. The predicted molar refractivity (Wildman–Crippen MR) is 77.3 cm³/mol. The molecule has 1 aliphatic heterocycles. The molecule has 1 heterocycles. The second-order valence-electron chi connectivity index (χ2n) is 6.60. The molecule has 20 heavy (non-hydrogen) atoms. The topological polar surface area (TPSA) is 42.9 Å². The van der Waals surface area contributed by atoms with Crippen molar-refractivity contribution in [3.63, 3.8) is 0 Å². The van der Waals surface area contributed by atoms with E-state index in [2.05, 4.69) is 23.5 Å². The standard InChI is InChI=1S/C17H23NO2/c1-16(15(19)20-2)14-9-5-4-8-13(14)12-17(18-16)10-6-3-7-11-17/h4-5,8-9,18H,3,6-7,10-12H2,1-2H3/p+1/t16-/m0/s1. The van der Waals surface area contributed by atoms with Crippen LogP contribution in [0.2, 0.25) is 0 Å². The van der Waals surface area contributed by atoms with Crippen molar-refractivity contribution >= 4 is 5.97 Å². The highest BCUT2D eigenvalue weighted by Gasteiger charge is 2.53. The first-order valence-corrected chi connectivity index (χ1v) is 7.64. The number of methoxy groups -OCH3 is 1. The van der Waals surface area contributed by atoms with Crippen LogP contribution in [0.15, 0.2) is 24.3 Å². The molecule has 0 radical (unpaired) electrons. The number of hydrogen-bond acceptors (Lipinski definition) is 2. The maximum atomic E-state index is 12.4. The Bertz CT molecular complexity index is 519. The molecule has 1 aliphatic carbocycles. The lowest BCUT2D eigenvalue weighted by Crippen LogP contribution is -3.07. The summed E-state index contributed by atoms with van der Waals surface area (Å²) in [5.74, 6) is -0.130. The SMILES string of the molecule is COC(=O)[C@@]1(C)[NH2+]C2(CCCCC2)Cc2ccccc21. The van der Waals surface area contributed by atoms with Gasteiger partial charge in [0, 0.05) is 31.7 Å². The van der Waals surface area contributed by atoms with Crippen LogP contribution in [-0.4, -0.2) is 18.6 Å². The lowest BCUT2D eigenvalue weighted by Gasteiger charge is -2.45. The molecule has 3 nitrogen and oxygen atoms in total. The summed E-state index contributed by atoms with van der Waals surface area (Å²) >= 11 is 0. The van der Waals surface area contributed by atoms with Crippen molar-refractivity contribution in [3.05, 3.63) is 35.4 Å². The molecule has 2 aliphatic rings. The third-order valence-electron chi connectivity index (χ3n) is 5.17. The minimum absolute atomic E-state index is 0.130. The van der Waals surface area contributed by atoms with Gasteiger partial charge in [0.15, 0.2) is 0 Å². The highest BCUT2D eigenvalue weighted by molar-refractivity contribution is 5.81. The van der Waals surface area contributed by atoms with Crippen LogP contribution in [0.25, 0.3) is 0 Å². The smallest absolute Gasteiger partial charge is 0.372 e. The summed E-state index contributed by atoms with van der Waals surface area (Å²) in [5, 5.41) is 2.31. The van der Waals surface area contributed by atoms with Crippen LogP contribution in [0.3, 0.4) is 0 Å². The molecule has 0 saturated heterocycles. The zero-order valence-electron chi connectivity index (χ0n) is 12.4. The van der Waals surface area contributed by atoms with Gasteiger partial charge in [0.25, 0.3) is 0 Å². The number of quaternary nitrogens is 1. The Morgan fingerprint density at radius 2 is 1.90 bits per heavy atom. The van der Waals surface area contributed by atoms with Gasteiger partial charge in [-0.2, -0.15) is 0 Å². The van der Waals surface area contributed by atoms with Gasteiger partial charge >= 0.3 is 5.97 Å². The number of ether oxygens (including phenoxy) is 1. The molecule has 0 bridgehead atoms. The summed E-state index contributed by atoms with van der Waals surface area (Å²) in [6.07, 6.45) is 7.36. The van der Waals surface area contributed by atoms with Gasteiger partial charge in [0.05, 0.1) is 7.11 Å². The minimum atomic E-state index is -0.596. The van der Waals surface area contributed by atoms with Crippen molar-refractivity contribution in [3.8, 4) is 0 Å². The van der Waals surface area contributed by atoms with Gasteiger partial charge < -0.3 is 10.1 Å². The fourth-order valence-corrected chi connectivity index (χ4v) is 4.26. The molecule has 1 aromatic rings. The van der Waals surface area contributed by atoms with Crippen molar-refractivity contribution in [2.45, 2.75) is 56.5 Å². The molecule has 3 rings (SSSR count). The number of carbonyl (C=O) groups excluding carboxylic acids is 1. The van der Waals surface area contributed by atoms with E-state index in [4.69, 9.17) is 4.74 Å². The van der Waals surface area contributed by atoms with E-state index in [9.17, 15) is 4.79 Å². The molecule has 1 spiro atoms.